The third-order valence-corrected chi connectivity index (χ3v) is 6.63. The molecule has 0 fully saturated rings. The first-order valence-corrected chi connectivity index (χ1v) is 13.5. The standard InChI is InChI=1S/C9H20S8/c10-14-5-1-9(2-6-15-11,3-7-16-12)4-8-17-13/h10-13H,1-8H2. The van der Waals surface area contributed by atoms with Crippen LogP contribution in [0.3, 0.4) is 0 Å². The summed E-state index contributed by atoms with van der Waals surface area (Å²) in [5, 5.41) is 0. The van der Waals surface area contributed by atoms with Gasteiger partial charge in [-0.05, 0) is 31.1 Å². The van der Waals surface area contributed by atoms with Crippen molar-refractivity contribution >= 4 is 89.8 Å². The molecule has 0 N–H and O–H groups in total. The van der Waals surface area contributed by atoms with Gasteiger partial charge >= 0.3 is 0 Å². The molecule has 0 bridgehead atoms. The van der Waals surface area contributed by atoms with Crippen molar-refractivity contribution in [3.63, 3.8) is 0 Å². The maximum absolute atomic E-state index is 4.26. The van der Waals surface area contributed by atoms with Crippen molar-refractivity contribution in [3.8, 4) is 0 Å². The van der Waals surface area contributed by atoms with Gasteiger partial charge in [0.1, 0.15) is 0 Å². The summed E-state index contributed by atoms with van der Waals surface area (Å²) in [5.74, 6) is 4.48. The fourth-order valence-corrected chi connectivity index (χ4v) is 4.99. The normalized spacial score (nSPS) is 12.0. The Morgan fingerprint density at radius 1 is 0.529 bits per heavy atom. The average Bonchev–Trinajstić information content (AvgIpc) is 2.37. The van der Waals surface area contributed by atoms with Crippen molar-refractivity contribution in [2.24, 2.45) is 5.41 Å². The Kier molecular flexibility index (Phi) is 16.0. The Morgan fingerprint density at radius 2 is 0.765 bits per heavy atom. The Hall–Kier alpha value is 2.80. The lowest BCUT2D eigenvalue weighted by Gasteiger charge is -2.33. The molecular weight excluding hydrogens is 365 g/mol. The van der Waals surface area contributed by atoms with Crippen molar-refractivity contribution in [2.75, 3.05) is 23.0 Å². The number of rotatable bonds is 12. The first kappa shape index (κ1) is 19.8. The molecule has 0 saturated carbocycles. The van der Waals surface area contributed by atoms with Gasteiger partial charge in [0, 0.05) is 23.0 Å². The van der Waals surface area contributed by atoms with E-state index in [-0.39, 0.29) is 0 Å². The van der Waals surface area contributed by atoms with Crippen molar-refractivity contribution in [1.29, 1.82) is 0 Å². The van der Waals surface area contributed by atoms with Crippen LogP contribution in [0.25, 0.3) is 0 Å². The highest BCUT2D eigenvalue weighted by Gasteiger charge is 2.28. The minimum absolute atomic E-state index is 0.427. The van der Waals surface area contributed by atoms with Crippen LogP contribution in [0.2, 0.25) is 0 Å². The zero-order valence-corrected chi connectivity index (χ0v) is 16.4. The second-order valence-corrected chi connectivity index (χ2v) is 9.60. The third-order valence-electron chi connectivity index (χ3n) is 2.89. The highest BCUT2D eigenvalue weighted by molar-refractivity contribution is 8.69. The molecule has 0 unspecified atom stereocenters. The van der Waals surface area contributed by atoms with Gasteiger partial charge in [-0.2, -0.15) is 0 Å². The van der Waals surface area contributed by atoms with E-state index in [9.17, 15) is 0 Å². The quantitative estimate of drug-likeness (QED) is 0.246. The van der Waals surface area contributed by atoms with E-state index in [1.165, 1.54) is 25.7 Å². The summed E-state index contributed by atoms with van der Waals surface area (Å²) in [6.45, 7) is 0. The molecule has 104 valence electrons. The van der Waals surface area contributed by atoms with E-state index in [0.717, 1.165) is 23.0 Å². The molecule has 0 rings (SSSR count). The molecule has 0 heterocycles. The zero-order valence-electron chi connectivity index (χ0n) is 9.58. The predicted octanol–water partition coefficient (Wildman–Crippen LogP) is 5.85. The van der Waals surface area contributed by atoms with Gasteiger partial charge in [-0.15, -0.1) is 46.6 Å². The molecule has 0 aromatic carbocycles. The largest absolute Gasteiger partial charge is 0.111 e. The summed E-state index contributed by atoms with van der Waals surface area (Å²) >= 11 is 17.0. The Labute approximate surface area is 142 Å². The van der Waals surface area contributed by atoms with Gasteiger partial charge in [0.05, 0.1) is 0 Å². The highest BCUT2D eigenvalue weighted by Crippen LogP contribution is 2.40. The fourth-order valence-electron chi connectivity index (χ4n) is 1.80. The maximum atomic E-state index is 4.26. The summed E-state index contributed by atoms with van der Waals surface area (Å²) in [6, 6.07) is 0. The molecule has 0 aliphatic heterocycles. The summed E-state index contributed by atoms with van der Waals surface area (Å²) in [6.07, 6.45) is 4.94. The topological polar surface area (TPSA) is 0 Å². The number of thiol groups is 4. The lowest BCUT2D eigenvalue weighted by Crippen LogP contribution is -2.24. The molecule has 0 radical (unpaired) electrons. The van der Waals surface area contributed by atoms with Crippen LogP contribution < -0.4 is 0 Å². The van der Waals surface area contributed by atoms with Crippen LogP contribution in [-0.2, 0) is 0 Å². The number of hydrogen-bond acceptors (Lipinski definition) is 8. The minimum Gasteiger partial charge on any atom is -0.111 e. The molecule has 0 spiro atoms. The van der Waals surface area contributed by atoms with Crippen LogP contribution >= 0.6 is 89.8 Å². The van der Waals surface area contributed by atoms with E-state index in [1.807, 2.05) is 0 Å². The van der Waals surface area contributed by atoms with Crippen molar-refractivity contribution in [3.05, 3.63) is 0 Å². The van der Waals surface area contributed by atoms with Gasteiger partial charge < -0.3 is 0 Å². The third kappa shape index (κ3) is 10.2. The molecular formula is C9H20S8. The van der Waals surface area contributed by atoms with Crippen molar-refractivity contribution in [1.82, 2.24) is 0 Å². The van der Waals surface area contributed by atoms with E-state index in [1.54, 1.807) is 43.2 Å². The second-order valence-electron chi connectivity index (χ2n) is 3.83. The van der Waals surface area contributed by atoms with Gasteiger partial charge in [0.25, 0.3) is 0 Å². The van der Waals surface area contributed by atoms with E-state index in [2.05, 4.69) is 46.6 Å². The average molecular weight is 385 g/mol. The van der Waals surface area contributed by atoms with Crippen LogP contribution in [0, 0.1) is 5.41 Å². The van der Waals surface area contributed by atoms with Gasteiger partial charge in [-0.25, -0.2) is 0 Å². The molecule has 0 aliphatic rings. The molecule has 0 amide bonds. The highest BCUT2D eigenvalue weighted by atomic mass is 33.1. The predicted molar refractivity (Wildman–Crippen MR) is 107 cm³/mol. The van der Waals surface area contributed by atoms with Crippen LogP contribution in [0.5, 0.6) is 0 Å². The van der Waals surface area contributed by atoms with Crippen molar-refractivity contribution in [2.45, 2.75) is 25.7 Å². The number of hydrogen-bond donors (Lipinski definition) is 4. The molecule has 0 saturated heterocycles. The van der Waals surface area contributed by atoms with Crippen LogP contribution in [0.15, 0.2) is 0 Å². The second kappa shape index (κ2) is 13.8. The first-order chi connectivity index (χ1) is 8.24. The summed E-state index contributed by atoms with van der Waals surface area (Å²) < 4.78 is 0. The monoisotopic (exact) mass is 384 g/mol. The van der Waals surface area contributed by atoms with E-state index < -0.39 is 0 Å². The van der Waals surface area contributed by atoms with E-state index in [0.29, 0.717) is 5.41 Å². The molecule has 0 nitrogen and oxygen atoms in total. The molecule has 0 aliphatic carbocycles. The zero-order chi connectivity index (χ0) is 13.0. The first-order valence-electron chi connectivity index (χ1n) is 5.30. The van der Waals surface area contributed by atoms with E-state index in [4.69, 9.17) is 0 Å². The summed E-state index contributed by atoms with van der Waals surface area (Å²) in [5.41, 5.74) is 0.427. The van der Waals surface area contributed by atoms with Crippen molar-refractivity contribution < 1.29 is 0 Å². The molecule has 17 heavy (non-hydrogen) atoms. The lowest BCUT2D eigenvalue weighted by atomic mass is 9.77. The van der Waals surface area contributed by atoms with Gasteiger partial charge in [-0.1, -0.05) is 43.2 Å². The lowest BCUT2D eigenvalue weighted by molar-refractivity contribution is 0.250. The molecule has 0 aromatic heterocycles. The minimum atomic E-state index is 0.427. The van der Waals surface area contributed by atoms with Gasteiger partial charge in [-0.3, -0.25) is 0 Å². The van der Waals surface area contributed by atoms with Gasteiger partial charge in [0.15, 0.2) is 0 Å². The van der Waals surface area contributed by atoms with Crippen LogP contribution in [0.1, 0.15) is 25.7 Å². The molecule has 0 aromatic rings. The maximum Gasteiger partial charge on any atom is 0.00398 e. The fraction of sp³-hybridized carbons (Fsp3) is 1.00. The summed E-state index contributed by atoms with van der Waals surface area (Å²) in [4.78, 5) is 0. The Balaban J connectivity index is 4.39. The Morgan fingerprint density at radius 3 is 0.941 bits per heavy atom. The SMILES string of the molecule is SSCCC(CCSS)(CCSS)CCSS. The van der Waals surface area contributed by atoms with Crippen LogP contribution in [0.4, 0.5) is 0 Å². The Bertz CT molecular complexity index is 128. The smallest absolute Gasteiger partial charge is 0.00398 e. The van der Waals surface area contributed by atoms with Gasteiger partial charge in [0.2, 0.25) is 0 Å². The summed E-state index contributed by atoms with van der Waals surface area (Å²) in [7, 11) is 6.58. The van der Waals surface area contributed by atoms with E-state index >= 15 is 0 Å². The molecule has 0 atom stereocenters. The van der Waals surface area contributed by atoms with Crippen LogP contribution in [-0.4, -0.2) is 23.0 Å². The molecule has 8 heteroatoms.